The van der Waals surface area contributed by atoms with Gasteiger partial charge in [-0.25, -0.2) is 0 Å². The van der Waals surface area contributed by atoms with Crippen molar-refractivity contribution >= 4 is 11.8 Å². The van der Waals surface area contributed by atoms with Gasteiger partial charge in [0.1, 0.15) is 0 Å². The lowest BCUT2D eigenvalue weighted by Crippen LogP contribution is -2.40. The first kappa shape index (κ1) is 13.0. The van der Waals surface area contributed by atoms with E-state index >= 15 is 0 Å². The van der Waals surface area contributed by atoms with Gasteiger partial charge in [0.15, 0.2) is 0 Å². The van der Waals surface area contributed by atoms with Crippen molar-refractivity contribution in [1.29, 1.82) is 0 Å². The molecular formula is C15H23NS. The predicted molar refractivity (Wildman–Crippen MR) is 77.8 cm³/mol. The fourth-order valence-electron chi connectivity index (χ4n) is 2.49. The standard InChI is InChI=1S/C15H23NS/c1-12-5-3-4-6-14(12)11-13(2)16-15-7-9-17-10-8-15/h3-6,13,15-16H,7-11H2,1-2H3. The van der Waals surface area contributed by atoms with Gasteiger partial charge in [0.25, 0.3) is 0 Å². The summed E-state index contributed by atoms with van der Waals surface area (Å²) in [5.74, 6) is 2.66. The van der Waals surface area contributed by atoms with Crippen LogP contribution >= 0.6 is 11.8 Å². The van der Waals surface area contributed by atoms with Gasteiger partial charge in [0.2, 0.25) is 0 Å². The molecule has 17 heavy (non-hydrogen) atoms. The third-order valence-electron chi connectivity index (χ3n) is 3.53. The summed E-state index contributed by atoms with van der Waals surface area (Å²) >= 11 is 2.09. The molecule has 0 aromatic heterocycles. The van der Waals surface area contributed by atoms with Crippen LogP contribution in [0.25, 0.3) is 0 Å². The minimum atomic E-state index is 0.587. The second-order valence-corrected chi connectivity index (χ2v) is 6.31. The van der Waals surface area contributed by atoms with Gasteiger partial charge in [-0.3, -0.25) is 0 Å². The van der Waals surface area contributed by atoms with E-state index in [1.54, 1.807) is 0 Å². The first-order valence-electron chi connectivity index (χ1n) is 6.64. The van der Waals surface area contributed by atoms with E-state index in [9.17, 15) is 0 Å². The Labute approximate surface area is 109 Å². The van der Waals surface area contributed by atoms with E-state index in [0.717, 1.165) is 12.5 Å². The number of thioether (sulfide) groups is 1. The zero-order valence-corrected chi connectivity index (χ0v) is 11.7. The van der Waals surface area contributed by atoms with Crippen molar-refractivity contribution in [2.45, 2.75) is 45.2 Å². The van der Waals surface area contributed by atoms with Gasteiger partial charge in [-0.1, -0.05) is 24.3 Å². The largest absolute Gasteiger partial charge is 0.311 e. The molecule has 1 aliphatic heterocycles. The molecule has 0 amide bonds. The summed E-state index contributed by atoms with van der Waals surface area (Å²) in [7, 11) is 0. The molecule has 1 saturated heterocycles. The average molecular weight is 249 g/mol. The van der Waals surface area contributed by atoms with Crippen LogP contribution in [0.4, 0.5) is 0 Å². The number of nitrogens with one attached hydrogen (secondary N) is 1. The molecule has 1 N–H and O–H groups in total. The lowest BCUT2D eigenvalue weighted by Gasteiger charge is -2.26. The fraction of sp³-hybridized carbons (Fsp3) is 0.600. The maximum absolute atomic E-state index is 3.78. The number of aryl methyl sites for hydroxylation is 1. The molecule has 0 spiro atoms. The van der Waals surface area contributed by atoms with Crippen molar-refractivity contribution in [1.82, 2.24) is 5.32 Å². The predicted octanol–water partition coefficient (Wildman–Crippen LogP) is 3.41. The van der Waals surface area contributed by atoms with E-state index in [1.807, 2.05) is 0 Å². The minimum absolute atomic E-state index is 0.587. The van der Waals surface area contributed by atoms with Gasteiger partial charge in [0.05, 0.1) is 0 Å². The number of hydrogen-bond donors (Lipinski definition) is 1. The summed E-state index contributed by atoms with van der Waals surface area (Å²) in [5.41, 5.74) is 2.90. The summed E-state index contributed by atoms with van der Waals surface area (Å²) in [6.45, 7) is 4.52. The van der Waals surface area contributed by atoms with Crippen LogP contribution in [0.2, 0.25) is 0 Å². The molecule has 0 radical (unpaired) electrons. The highest BCUT2D eigenvalue weighted by atomic mass is 32.2. The molecule has 1 fully saturated rings. The van der Waals surface area contributed by atoms with Crippen LogP contribution in [0, 0.1) is 6.92 Å². The Morgan fingerprint density at radius 2 is 2.00 bits per heavy atom. The van der Waals surface area contributed by atoms with Crippen molar-refractivity contribution < 1.29 is 0 Å². The smallest absolute Gasteiger partial charge is 0.00853 e. The van der Waals surface area contributed by atoms with Crippen LogP contribution in [-0.4, -0.2) is 23.6 Å². The van der Waals surface area contributed by atoms with E-state index in [4.69, 9.17) is 0 Å². The topological polar surface area (TPSA) is 12.0 Å². The van der Waals surface area contributed by atoms with Crippen LogP contribution in [0.3, 0.4) is 0 Å². The Hall–Kier alpha value is -0.470. The Kier molecular flexibility index (Phi) is 4.93. The van der Waals surface area contributed by atoms with Gasteiger partial charge in [-0.2, -0.15) is 11.8 Å². The van der Waals surface area contributed by atoms with Crippen LogP contribution in [-0.2, 0) is 6.42 Å². The molecule has 1 aromatic carbocycles. The maximum Gasteiger partial charge on any atom is 0.00853 e. The SMILES string of the molecule is Cc1ccccc1CC(C)NC1CCSCC1. The lowest BCUT2D eigenvalue weighted by atomic mass is 10.0. The highest BCUT2D eigenvalue weighted by Crippen LogP contribution is 2.18. The third kappa shape index (κ3) is 4.04. The molecule has 1 unspecified atom stereocenters. The summed E-state index contributed by atoms with van der Waals surface area (Å²) < 4.78 is 0. The van der Waals surface area contributed by atoms with Gasteiger partial charge in [0, 0.05) is 12.1 Å². The first-order valence-corrected chi connectivity index (χ1v) is 7.79. The molecule has 1 aromatic rings. The second kappa shape index (κ2) is 6.46. The van der Waals surface area contributed by atoms with E-state index in [0.29, 0.717) is 6.04 Å². The molecule has 1 atom stereocenters. The summed E-state index contributed by atoms with van der Waals surface area (Å²) in [5, 5.41) is 3.78. The summed E-state index contributed by atoms with van der Waals surface area (Å²) in [6, 6.07) is 10.1. The van der Waals surface area contributed by atoms with Crippen molar-refractivity contribution in [3.63, 3.8) is 0 Å². The molecule has 1 nitrogen and oxygen atoms in total. The highest BCUT2D eigenvalue weighted by Gasteiger charge is 2.15. The van der Waals surface area contributed by atoms with Gasteiger partial charge < -0.3 is 5.32 Å². The van der Waals surface area contributed by atoms with E-state index in [2.05, 4.69) is 55.2 Å². The van der Waals surface area contributed by atoms with Crippen LogP contribution in [0.15, 0.2) is 24.3 Å². The van der Waals surface area contributed by atoms with E-state index in [1.165, 1.54) is 35.5 Å². The third-order valence-corrected chi connectivity index (χ3v) is 4.58. The molecule has 94 valence electrons. The minimum Gasteiger partial charge on any atom is -0.311 e. The molecule has 0 aliphatic carbocycles. The maximum atomic E-state index is 3.78. The monoisotopic (exact) mass is 249 g/mol. The Morgan fingerprint density at radius 3 is 2.71 bits per heavy atom. The number of benzene rings is 1. The average Bonchev–Trinajstić information content (AvgIpc) is 2.33. The van der Waals surface area contributed by atoms with Crippen molar-refractivity contribution in [2.24, 2.45) is 0 Å². The molecule has 1 heterocycles. The second-order valence-electron chi connectivity index (χ2n) is 5.08. The zero-order chi connectivity index (χ0) is 12.1. The highest BCUT2D eigenvalue weighted by molar-refractivity contribution is 7.99. The first-order chi connectivity index (χ1) is 8.25. The Morgan fingerprint density at radius 1 is 1.29 bits per heavy atom. The number of rotatable bonds is 4. The van der Waals surface area contributed by atoms with E-state index < -0.39 is 0 Å². The molecule has 0 bridgehead atoms. The number of hydrogen-bond acceptors (Lipinski definition) is 2. The molecular weight excluding hydrogens is 226 g/mol. The van der Waals surface area contributed by atoms with Crippen molar-refractivity contribution in [3.8, 4) is 0 Å². The zero-order valence-electron chi connectivity index (χ0n) is 10.9. The van der Waals surface area contributed by atoms with Crippen molar-refractivity contribution in [3.05, 3.63) is 35.4 Å². The summed E-state index contributed by atoms with van der Waals surface area (Å²) in [4.78, 5) is 0. The Balaban J connectivity index is 1.84. The van der Waals surface area contributed by atoms with Gasteiger partial charge >= 0.3 is 0 Å². The fourth-order valence-corrected chi connectivity index (χ4v) is 3.60. The molecule has 0 saturated carbocycles. The van der Waals surface area contributed by atoms with Crippen LogP contribution in [0.5, 0.6) is 0 Å². The quantitative estimate of drug-likeness (QED) is 0.877. The Bertz CT molecular complexity index is 345. The van der Waals surface area contributed by atoms with Gasteiger partial charge in [-0.05, 0) is 55.7 Å². The van der Waals surface area contributed by atoms with Gasteiger partial charge in [-0.15, -0.1) is 0 Å². The van der Waals surface area contributed by atoms with Crippen LogP contribution < -0.4 is 5.32 Å². The van der Waals surface area contributed by atoms with Crippen molar-refractivity contribution in [2.75, 3.05) is 11.5 Å². The van der Waals surface area contributed by atoms with E-state index in [-0.39, 0.29) is 0 Å². The van der Waals surface area contributed by atoms with Crippen LogP contribution in [0.1, 0.15) is 30.9 Å². The molecule has 2 rings (SSSR count). The molecule has 2 heteroatoms. The lowest BCUT2D eigenvalue weighted by molar-refractivity contribution is 0.421. The molecule has 1 aliphatic rings. The normalized spacial score (nSPS) is 19.2. The summed E-state index contributed by atoms with van der Waals surface area (Å²) in [6.07, 6.45) is 3.82.